The van der Waals surface area contributed by atoms with E-state index in [4.69, 9.17) is 17.3 Å². The molecule has 0 aliphatic heterocycles. The fourth-order valence-electron chi connectivity index (χ4n) is 1.37. The van der Waals surface area contributed by atoms with Crippen LogP contribution in [0.15, 0.2) is 45.9 Å². The molecule has 0 aliphatic rings. The molecular weight excluding hydrogens is 354 g/mol. The normalized spacial score (nSPS) is 11.3. The van der Waals surface area contributed by atoms with E-state index < -0.39 is 10.0 Å². The molecule has 3 N–H and O–H groups in total. The van der Waals surface area contributed by atoms with Crippen LogP contribution in [0.5, 0.6) is 0 Å². The Hall–Kier alpha value is -1.31. The van der Waals surface area contributed by atoms with Crippen molar-refractivity contribution in [3.63, 3.8) is 0 Å². The van der Waals surface area contributed by atoms with Crippen LogP contribution in [0.3, 0.4) is 0 Å². The van der Waals surface area contributed by atoms with Gasteiger partial charge in [-0.2, -0.15) is 0 Å². The maximum absolute atomic E-state index is 12.1. The van der Waals surface area contributed by atoms with E-state index in [1.807, 2.05) is 0 Å². The van der Waals surface area contributed by atoms with Crippen molar-refractivity contribution >= 4 is 49.1 Å². The number of halogens is 2. The summed E-state index contributed by atoms with van der Waals surface area (Å²) in [6.45, 7) is 0. The van der Waals surface area contributed by atoms with E-state index in [0.29, 0.717) is 15.2 Å². The maximum atomic E-state index is 12.1. The van der Waals surface area contributed by atoms with Crippen LogP contribution >= 0.6 is 27.5 Å². The van der Waals surface area contributed by atoms with Crippen molar-refractivity contribution in [1.82, 2.24) is 4.98 Å². The summed E-state index contributed by atoms with van der Waals surface area (Å²) in [4.78, 5) is 3.79. The van der Waals surface area contributed by atoms with Gasteiger partial charge in [-0.1, -0.05) is 11.6 Å². The summed E-state index contributed by atoms with van der Waals surface area (Å²) < 4.78 is 27.2. The summed E-state index contributed by atoms with van der Waals surface area (Å²) in [6.07, 6.45) is 1.33. The molecule has 0 unspecified atom stereocenters. The van der Waals surface area contributed by atoms with Crippen molar-refractivity contribution in [2.24, 2.45) is 0 Å². The molecule has 0 radical (unpaired) electrons. The third kappa shape index (κ3) is 3.37. The molecular formula is C11H9BrClN3O2S. The van der Waals surface area contributed by atoms with Gasteiger partial charge in [0.15, 0.2) is 0 Å². The summed E-state index contributed by atoms with van der Waals surface area (Å²) in [5, 5.41) is 0.496. The Morgan fingerprint density at radius 1 is 1.26 bits per heavy atom. The second kappa shape index (κ2) is 5.36. The zero-order valence-electron chi connectivity index (χ0n) is 9.47. The standard InChI is InChI=1S/C11H9BrClN3O2S/c12-9-5-7(1-2-10(9)13)16-19(17,18)8-3-4-15-11(14)6-8/h1-6,16H,(H2,14,15). The molecule has 0 amide bonds. The first kappa shape index (κ1) is 14.1. The zero-order valence-corrected chi connectivity index (χ0v) is 12.6. The van der Waals surface area contributed by atoms with Crippen LogP contribution in [0.2, 0.25) is 5.02 Å². The van der Waals surface area contributed by atoms with Crippen molar-refractivity contribution in [3.8, 4) is 0 Å². The number of aromatic nitrogens is 1. The second-order valence-corrected chi connectivity index (χ2v) is 6.59. The summed E-state index contributed by atoms with van der Waals surface area (Å²) in [7, 11) is -3.70. The Kier molecular flexibility index (Phi) is 3.98. The van der Waals surface area contributed by atoms with Gasteiger partial charge < -0.3 is 5.73 Å². The largest absolute Gasteiger partial charge is 0.384 e. The number of hydrogen-bond donors (Lipinski definition) is 2. The molecule has 100 valence electrons. The molecule has 2 rings (SSSR count). The molecule has 5 nitrogen and oxygen atoms in total. The van der Waals surface area contributed by atoms with Crippen molar-refractivity contribution < 1.29 is 8.42 Å². The summed E-state index contributed by atoms with van der Waals surface area (Å²) in [5.74, 6) is 0.139. The van der Waals surface area contributed by atoms with Crippen LogP contribution in [0.4, 0.5) is 11.5 Å². The van der Waals surface area contributed by atoms with E-state index in [1.54, 1.807) is 18.2 Å². The Balaban J connectivity index is 2.33. The summed E-state index contributed by atoms with van der Waals surface area (Å²) >= 11 is 9.07. The van der Waals surface area contributed by atoms with Crippen molar-refractivity contribution in [3.05, 3.63) is 46.0 Å². The topological polar surface area (TPSA) is 85.1 Å². The first-order valence-corrected chi connectivity index (χ1v) is 7.73. The zero-order chi connectivity index (χ0) is 14.0. The molecule has 1 aromatic heterocycles. The van der Waals surface area contributed by atoms with Gasteiger partial charge in [0.1, 0.15) is 5.82 Å². The highest BCUT2D eigenvalue weighted by molar-refractivity contribution is 9.10. The van der Waals surface area contributed by atoms with Crippen LogP contribution in [0.25, 0.3) is 0 Å². The molecule has 1 heterocycles. The Morgan fingerprint density at radius 3 is 2.63 bits per heavy atom. The third-order valence-electron chi connectivity index (χ3n) is 2.23. The van der Waals surface area contributed by atoms with Crippen molar-refractivity contribution in [2.45, 2.75) is 4.90 Å². The smallest absolute Gasteiger partial charge is 0.262 e. The quantitative estimate of drug-likeness (QED) is 0.879. The molecule has 0 saturated heterocycles. The molecule has 0 fully saturated rings. The van der Waals surface area contributed by atoms with Gasteiger partial charge in [0, 0.05) is 16.7 Å². The van der Waals surface area contributed by atoms with E-state index in [1.165, 1.54) is 18.3 Å². The SMILES string of the molecule is Nc1cc(S(=O)(=O)Nc2ccc(Cl)c(Br)c2)ccn1. The number of nitrogens with two attached hydrogens (primary N) is 1. The van der Waals surface area contributed by atoms with Crippen LogP contribution in [0, 0.1) is 0 Å². The number of rotatable bonds is 3. The van der Waals surface area contributed by atoms with Crippen LogP contribution < -0.4 is 10.5 Å². The molecule has 8 heteroatoms. The fraction of sp³-hybridized carbons (Fsp3) is 0. The van der Waals surface area contributed by atoms with Crippen molar-refractivity contribution in [2.75, 3.05) is 10.5 Å². The minimum atomic E-state index is -3.70. The monoisotopic (exact) mass is 361 g/mol. The number of pyridine rings is 1. The lowest BCUT2D eigenvalue weighted by Crippen LogP contribution is -2.13. The van der Waals surface area contributed by atoms with Gasteiger partial charge in [-0.25, -0.2) is 13.4 Å². The number of nitrogens with zero attached hydrogens (tertiary/aromatic N) is 1. The Labute approximate surface area is 124 Å². The molecule has 0 spiro atoms. The molecule has 2 aromatic rings. The van der Waals surface area contributed by atoms with Crippen LogP contribution in [0.1, 0.15) is 0 Å². The number of nitrogen functional groups attached to an aromatic ring is 1. The third-order valence-corrected chi connectivity index (χ3v) is 4.83. The summed E-state index contributed by atoms with van der Waals surface area (Å²) in [6, 6.07) is 7.38. The van der Waals surface area contributed by atoms with Gasteiger partial charge in [-0.05, 0) is 40.2 Å². The second-order valence-electron chi connectivity index (χ2n) is 3.65. The van der Waals surface area contributed by atoms with Gasteiger partial charge in [0.05, 0.1) is 15.6 Å². The first-order chi connectivity index (χ1) is 8.88. The maximum Gasteiger partial charge on any atom is 0.262 e. The van der Waals surface area contributed by atoms with E-state index in [0.717, 1.165) is 0 Å². The first-order valence-electron chi connectivity index (χ1n) is 5.08. The average Bonchev–Trinajstić information content (AvgIpc) is 2.33. The minimum absolute atomic E-state index is 0.0473. The molecule has 0 bridgehead atoms. The van der Waals surface area contributed by atoms with E-state index in [-0.39, 0.29) is 10.7 Å². The van der Waals surface area contributed by atoms with E-state index in [2.05, 4.69) is 25.6 Å². The number of nitrogens with one attached hydrogen (secondary N) is 1. The molecule has 1 aromatic carbocycles. The predicted octanol–water partition coefficient (Wildman–Crippen LogP) is 2.88. The van der Waals surface area contributed by atoms with Gasteiger partial charge in [-0.15, -0.1) is 0 Å². The number of sulfonamides is 1. The number of hydrogen-bond acceptors (Lipinski definition) is 4. The average molecular weight is 363 g/mol. The van der Waals surface area contributed by atoms with E-state index in [9.17, 15) is 8.42 Å². The van der Waals surface area contributed by atoms with Gasteiger partial charge in [0.25, 0.3) is 10.0 Å². The molecule has 0 aliphatic carbocycles. The van der Waals surface area contributed by atoms with Crippen LogP contribution in [-0.2, 0) is 10.0 Å². The van der Waals surface area contributed by atoms with Gasteiger partial charge in [-0.3, -0.25) is 4.72 Å². The highest BCUT2D eigenvalue weighted by Crippen LogP contribution is 2.27. The van der Waals surface area contributed by atoms with Crippen LogP contribution in [-0.4, -0.2) is 13.4 Å². The van der Waals surface area contributed by atoms with Gasteiger partial charge in [0.2, 0.25) is 0 Å². The molecule has 19 heavy (non-hydrogen) atoms. The lowest BCUT2D eigenvalue weighted by atomic mass is 10.3. The van der Waals surface area contributed by atoms with E-state index >= 15 is 0 Å². The highest BCUT2D eigenvalue weighted by Gasteiger charge is 2.15. The minimum Gasteiger partial charge on any atom is -0.384 e. The molecule has 0 atom stereocenters. The Morgan fingerprint density at radius 2 is 2.00 bits per heavy atom. The van der Waals surface area contributed by atoms with Crippen molar-refractivity contribution in [1.29, 1.82) is 0 Å². The molecule has 0 saturated carbocycles. The lowest BCUT2D eigenvalue weighted by Gasteiger charge is -2.09. The number of benzene rings is 1. The lowest BCUT2D eigenvalue weighted by molar-refractivity contribution is 0.601. The summed E-state index contributed by atoms with van der Waals surface area (Å²) in [5.41, 5.74) is 5.86. The van der Waals surface area contributed by atoms with Gasteiger partial charge >= 0.3 is 0 Å². The fourth-order valence-corrected chi connectivity index (χ4v) is 2.94. The Bertz CT molecular complexity index is 722. The highest BCUT2D eigenvalue weighted by atomic mass is 79.9. The predicted molar refractivity (Wildman–Crippen MR) is 78.6 cm³/mol. The number of anilines is 2.